The summed E-state index contributed by atoms with van der Waals surface area (Å²) in [5.41, 5.74) is 8.57. The molecule has 23 heavy (non-hydrogen) atoms. The fraction of sp³-hybridized carbons (Fsp3) is 0.353. The number of anilines is 2. The Balaban J connectivity index is 1.87. The molecule has 2 aromatic heterocycles. The van der Waals surface area contributed by atoms with E-state index in [4.69, 9.17) is 10.7 Å². The molecule has 3 heterocycles. The molecule has 0 aliphatic carbocycles. The van der Waals surface area contributed by atoms with E-state index in [9.17, 15) is 0 Å². The van der Waals surface area contributed by atoms with E-state index in [0.29, 0.717) is 11.5 Å². The van der Waals surface area contributed by atoms with Gasteiger partial charge in [0.1, 0.15) is 5.82 Å². The van der Waals surface area contributed by atoms with Crippen LogP contribution >= 0.6 is 0 Å². The quantitative estimate of drug-likeness (QED) is 0.760. The molecule has 1 saturated heterocycles. The lowest BCUT2D eigenvalue weighted by molar-refractivity contribution is 0.726. The maximum atomic E-state index is 6.06. The van der Waals surface area contributed by atoms with Gasteiger partial charge in [-0.25, -0.2) is 4.98 Å². The van der Waals surface area contributed by atoms with Crippen LogP contribution in [0, 0.1) is 0 Å². The average molecular weight is 308 g/mol. The topological polar surface area (TPSA) is 83.7 Å². The molecule has 4 rings (SSSR count). The smallest absolute Gasteiger partial charge is 0.228 e. The zero-order valence-corrected chi connectivity index (χ0v) is 13.0. The second kappa shape index (κ2) is 5.87. The molecule has 3 N–H and O–H groups in total. The van der Waals surface area contributed by atoms with Crippen molar-refractivity contribution >= 4 is 22.8 Å². The van der Waals surface area contributed by atoms with Crippen LogP contribution in [0.2, 0.25) is 0 Å². The second-order valence-corrected chi connectivity index (χ2v) is 5.98. The summed E-state index contributed by atoms with van der Waals surface area (Å²) in [4.78, 5) is 11.8. The van der Waals surface area contributed by atoms with Gasteiger partial charge < -0.3 is 10.6 Å². The Kier molecular flexibility index (Phi) is 3.57. The first-order valence-corrected chi connectivity index (χ1v) is 8.15. The predicted molar refractivity (Wildman–Crippen MR) is 92.2 cm³/mol. The van der Waals surface area contributed by atoms with Crippen molar-refractivity contribution in [2.75, 3.05) is 23.7 Å². The molecule has 1 aromatic carbocycles. The molecule has 6 heteroatoms. The number of hydrogen-bond acceptors (Lipinski definition) is 5. The van der Waals surface area contributed by atoms with Crippen LogP contribution in [0.25, 0.3) is 22.3 Å². The number of rotatable bonds is 2. The Morgan fingerprint density at radius 1 is 0.957 bits per heavy atom. The Hall–Kier alpha value is -2.63. The van der Waals surface area contributed by atoms with Crippen LogP contribution in [0.5, 0.6) is 0 Å². The number of aromatic nitrogens is 4. The van der Waals surface area contributed by atoms with Gasteiger partial charge in [-0.05, 0) is 12.8 Å². The summed E-state index contributed by atoms with van der Waals surface area (Å²) in [7, 11) is 0. The Labute approximate surface area is 134 Å². The molecule has 3 aromatic rings. The summed E-state index contributed by atoms with van der Waals surface area (Å²) in [6.45, 7) is 2.00. The van der Waals surface area contributed by atoms with Gasteiger partial charge in [-0.2, -0.15) is 10.1 Å². The molecule has 1 aliphatic heterocycles. The highest BCUT2D eigenvalue weighted by molar-refractivity contribution is 5.98. The zero-order chi connectivity index (χ0) is 15.6. The van der Waals surface area contributed by atoms with Crippen molar-refractivity contribution in [3.8, 4) is 11.3 Å². The number of nitrogen functional groups attached to an aromatic ring is 1. The number of H-pyrrole nitrogens is 1. The summed E-state index contributed by atoms with van der Waals surface area (Å²) in [5.74, 6) is 1.27. The van der Waals surface area contributed by atoms with Gasteiger partial charge in [0, 0.05) is 18.7 Å². The number of hydrogen-bond donors (Lipinski definition) is 2. The maximum Gasteiger partial charge on any atom is 0.228 e. The summed E-state index contributed by atoms with van der Waals surface area (Å²) in [6, 6.07) is 10.1. The summed E-state index contributed by atoms with van der Waals surface area (Å²) in [5, 5.41) is 7.89. The van der Waals surface area contributed by atoms with Crippen molar-refractivity contribution < 1.29 is 0 Å². The van der Waals surface area contributed by atoms with Gasteiger partial charge in [0.2, 0.25) is 5.95 Å². The number of fused-ring (bicyclic) bond motifs is 1. The Morgan fingerprint density at radius 3 is 2.43 bits per heavy atom. The second-order valence-electron chi connectivity index (χ2n) is 5.98. The fourth-order valence-corrected chi connectivity index (χ4v) is 3.15. The zero-order valence-electron chi connectivity index (χ0n) is 13.0. The Morgan fingerprint density at radius 2 is 1.70 bits per heavy atom. The highest BCUT2D eigenvalue weighted by Crippen LogP contribution is 2.31. The first-order chi connectivity index (χ1) is 11.3. The third-order valence-corrected chi connectivity index (χ3v) is 4.37. The minimum Gasteiger partial charge on any atom is -0.383 e. The summed E-state index contributed by atoms with van der Waals surface area (Å²) >= 11 is 0. The molecule has 0 spiro atoms. The minimum absolute atomic E-state index is 0.515. The van der Waals surface area contributed by atoms with E-state index in [1.54, 1.807) is 0 Å². The number of aromatic amines is 1. The molecule has 0 radical (unpaired) electrons. The van der Waals surface area contributed by atoms with Crippen molar-refractivity contribution in [1.29, 1.82) is 0 Å². The van der Waals surface area contributed by atoms with Crippen molar-refractivity contribution in [2.24, 2.45) is 0 Å². The number of nitrogens with zero attached hydrogens (tertiary/aromatic N) is 4. The molecule has 0 bridgehead atoms. The van der Waals surface area contributed by atoms with Crippen molar-refractivity contribution in [2.45, 2.75) is 25.7 Å². The van der Waals surface area contributed by atoms with Crippen LogP contribution in [-0.2, 0) is 0 Å². The SMILES string of the molecule is Nc1[nH]nc2nc(N3CCCCCC3)nc(-c3ccccc3)c12. The van der Waals surface area contributed by atoms with Crippen molar-refractivity contribution in [1.82, 2.24) is 20.2 Å². The van der Waals surface area contributed by atoms with Crippen LogP contribution in [0.4, 0.5) is 11.8 Å². The summed E-state index contributed by atoms with van der Waals surface area (Å²) in [6.07, 6.45) is 4.93. The number of nitrogens with one attached hydrogen (secondary N) is 1. The van der Waals surface area contributed by atoms with Gasteiger partial charge in [0.25, 0.3) is 0 Å². The van der Waals surface area contributed by atoms with E-state index >= 15 is 0 Å². The molecule has 0 atom stereocenters. The highest BCUT2D eigenvalue weighted by atomic mass is 15.3. The lowest BCUT2D eigenvalue weighted by Crippen LogP contribution is -2.26. The molecular weight excluding hydrogens is 288 g/mol. The van der Waals surface area contributed by atoms with E-state index in [2.05, 4.69) is 20.1 Å². The molecule has 1 fully saturated rings. The molecule has 1 aliphatic rings. The third-order valence-electron chi connectivity index (χ3n) is 4.37. The number of benzene rings is 1. The van der Waals surface area contributed by atoms with Crippen LogP contribution in [0.15, 0.2) is 30.3 Å². The van der Waals surface area contributed by atoms with Gasteiger partial charge in [-0.3, -0.25) is 5.10 Å². The predicted octanol–water partition coefficient (Wildman–Crippen LogP) is 2.98. The number of nitrogens with two attached hydrogens (primary N) is 1. The lowest BCUT2D eigenvalue weighted by Gasteiger charge is -2.20. The fourth-order valence-electron chi connectivity index (χ4n) is 3.15. The van der Waals surface area contributed by atoms with Gasteiger partial charge in [-0.1, -0.05) is 43.2 Å². The first-order valence-electron chi connectivity index (χ1n) is 8.15. The van der Waals surface area contributed by atoms with Crippen LogP contribution in [-0.4, -0.2) is 33.3 Å². The first kappa shape index (κ1) is 14.0. The maximum absolute atomic E-state index is 6.06. The van der Waals surface area contributed by atoms with E-state index in [-0.39, 0.29) is 0 Å². The van der Waals surface area contributed by atoms with Gasteiger partial charge in [0.15, 0.2) is 5.65 Å². The third kappa shape index (κ3) is 2.60. The molecular formula is C17H20N6. The van der Waals surface area contributed by atoms with E-state index in [1.807, 2.05) is 30.3 Å². The summed E-state index contributed by atoms with van der Waals surface area (Å²) < 4.78 is 0. The molecule has 0 unspecified atom stereocenters. The van der Waals surface area contributed by atoms with E-state index in [0.717, 1.165) is 35.7 Å². The van der Waals surface area contributed by atoms with Gasteiger partial charge >= 0.3 is 0 Å². The van der Waals surface area contributed by atoms with E-state index < -0.39 is 0 Å². The molecule has 118 valence electrons. The normalized spacial score (nSPS) is 15.7. The average Bonchev–Trinajstić information content (AvgIpc) is 2.81. The van der Waals surface area contributed by atoms with Crippen molar-refractivity contribution in [3.63, 3.8) is 0 Å². The van der Waals surface area contributed by atoms with Crippen LogP contribution < -0.4 is 10.6 Å². The van der Waals surface area contributed by atoms with Crippen molar-refractivity contribution in [3.05, 3.63) is 30.3 Å². The molecule has 0 amide bonds. The highest BCUT2D eigenvalue weighted by Gasteiger charge is 2.19. The van der Waals surface area contributed by atoms with Gasteiger partial charge in [-0.15, -0.1) is 0 Å². The largest absolute Gasteiger partial charge is 0.383 e. The monoisotopic (exact) mass is 308 g/mol. The lowest BCUT2D eigenvalue weighted by atomic mass is 10.1. The molecule has 0 saturated carbocycles. The van der Waals surface area contributed by atoms with Crippen LogP contribution in [0.3, 0.4) is 0 Å². The minimum atomic E-state index is 0.515. The molecule has 6 nitrogen and oxygen atoms in total. The standard InChI is InChI=1S/C17H20N6/c18-15-13-14(12-8-4-3-5-9-12)19-17(20-16(13)22-21-15)23-10-6-1-2-7-11-23/h3-5,8-9H,1-2,6-7,10-11H2,(H3,18,19,20,21,22). The van der Waals surface area contributed by atoms with Crippen LogP contribution in [0.1, 0.15) is 25.7 Å². The van der Waals surface area contributed by atoms with E-state index in [1.165, 1.54) is 25.7 Å². The Bertz CT molecular complexity index is 803. The van der Waals surface area contributed by atoms with Gasteiger partial charge in [0.05, 0.1) is 11.1 Å².